The molecule has 6 rings (SSSR count). The van der Waals surface area contributed by atoms with Gasteiger partial charge in [-0.15, -0.1) is 0 Å². The second-order valence-corrected chi connectivity index (χ2v) is 8.55. The van der Waals surface area contributed by atoms with E-state index in [4.69, 9.17) is 19.6 Å². The third-order valence-corrected chi connectivity index (χ3v) is 6.35. The predicted molar refractivity (Wildman–Crippen MR) is 118 cm³/mol. The molecule has 1 aliphatic carbocycles. The minimum Gasteiger partial charge on any atom is -0.450 e. The number of hydrogen-bond acceptors (Lipinski definition) is 7. The number of piperidine rings is 1. The van der Waals surface area contributed by atoms with Crippen LogP contribution in [0.5, 0.6) is 0 Å². The standard InChI is InChI=1S/C23H23N7O/c24-10-7-14-8-11-30(12-9-14)23-26-20-16-3-1-2-4-18(16)31-21(20)22(27-23)25-19-13-17(28-29-19)15-5-6-15/h1-4,13-15H,5-9,11-12H2,(H2,25,26,27,28,29). The van der Waals surface area contributed by atoms with Crippen molar-refractivity contribution in [2.45, 2.75) is 38.0 Å². The molecule has 2 fully saturated rings. The third kappa shape index (κ3) is 3.36. The monoisotopic (exact) mass is 413 g/mol. The Morgan fingerprint density at radius 3 is 2.81 bits per heavy atom. The number of H-pyrrole nitrogens is 1. The van der Waals surface area contributed by atoms with Crippen LogP contribution in [0.25, 0.3) is 22.1 Å². The number of furan rings is 1. The maximum atomic E-state index is 9.00. The van der Waals surface area contributed by atoms with E-state index in [0.717, 1.165) is 53.9 Å². The van der Waals surface area contributed by atoms with E-state index < -0.39 is 0 Å². The normalized spacial score (nSPS) is 17.3. The van der Waals surface area contributed by atoms with Crippen molar-refractivity contribution in [3.8, 4) is 6.07 Å². The second-order valence-electron chi connectivity index (χ2n) is 8.55. The van der Waals surface area contributed by atoms with Crippen LogP contribution in [0.2, 0.25) is 0 Å². The summed E-state index contributed by atoms with van der Waals surface area (Å²) in [5.74, 6) is 3.12. The summed E-state index contributed by atoms with van der Waals surface area (Å²) in [5.41, 5.74) is 3.40. The molecule has 3 aromatic heterocycles. The van der Waals surface area contributed by atoms with E-state index in [9.17, 15) is 0 Å². The number of fused-ring (bicyclic) bond motifs is 3. The summed E-state index contributed by atoms with van der Waals surface area (Å²) < 4.78 is 6.13. The number of nitrogens with one attached hydrogen (secondary N) is 2. The molecule has 4 aromatic rings. The van der Waals surface area contributed by atoms with Crippen LogP contribution in [-0.2, 0) is 0 Å². The van der Waals surface area contributed by atoms with E-state index in [1.165, 1.54) is 12.8 Å². The highest BCUT2D eigenvalue weighted by atomic mass is 16.3. The smallest absolute Gasteiger partial charge is 0.228 e. The highest BCUT2D eigenvalue weighted by molar-refractivity contribution is 6.06. The Bertz CT molecular complexity index is 1290. The molecule has 4 heterocycles. The van der Waals surface area contributed by atoms with Gasteiger partial charge in [-0.25, -0.2) is 4.98 Å². The van der Waals surface area contributed by atoms with Crippen molar-refractivity contribution in [2.24, 2.45) is 5.92 Å². The molecule has 0 amide bonds. The summed E-state index contributed by atoms with van der Waals surface area (Å²) in [6.45, 7) is 1.70. The number of anilines is 3. The van der Waals surface area contributed by atoms with Gasteiger partial charge >= 0.3 is 0 Å². The van der Waals surface area contributed by atoms with Crippen molar-refractivity contribution in [1.82, 2.24) is 20.2 Å². The molecule has 1 saturated heterocycles. The van der Waals surface area contributed by atoms with E-state index in [-0.39, 0.29) is 0 Å². The van der Waals surface area contributed by atoms with Crippen LogP contribution < -0.4 is 10.2 Å². The Hall–Kier alpha value is -3.60. The zero-order valence-corrected chi connectivity index (χ0v) is 17.1. The quantitative estimate of drug-likeness (QED) is 0.481. The van der Waals surface area contributed by atoms with Gasteiger partial charge in [0.05, 0.1) is 6.07 Å². The van der Waals surface area contributed by atoms with E-state index in [1.807, 2.05) is 24.3 Å². The molecule has 1 aliphatic heterocycles. The Balaban J connectivity index is 1.39. The molecule has 8 heteroatoms. The van der Waals surface area contributed by atoms with Gasteiger partial charge in [0, 0.05) is 42.6 Å². The SMILES string of the molecule is N#CCC1CCN(c2nc(Nc3cc(C4CC4)[nH]n3)c3oc4ccccc4c3n2)CC1. The summed E-state index contributed by atoms with van der Waals surface area (Å²) in [4.78, 5) is 11.9. The fourth-order valence-corrected chi connectivity index (χ4v) is 4.40. The van der Waals surface area contributed by atoms with Crippen LogP contribution in [0.15, 0.2) is 34.7 Å². The number of nitrogens with zero attached hydrogens (tertiary/aromatic N) is 5. The van der Waals surface area contributed by atoms with Crippen molar-refractivity contribution in [3.63, 3.8) is 0 Å². The van der Waals surface area contributed by atoms with Gasteiger partial charge in [0.1, 0.15) is 11.1 Å². The summed E-state index contributed by atoms with van der Waals surface area (Å²) >= 11 is 0. The molecule has 8 nitrogen and oxygen atoms in total. The Kier molecular flexibility index (Phi) is 4.27. The van der Waals surface area contributed by atoms with Crippen molar-refractivity contribution >= 4 is 39.7 Å². The van der Waals surface area contributed by atoms with Crippen molar-refractivity contribution in [2.75, 3.05) is 23.3 Å². The summed E-state index contributed by atoms with van der Waals surface area (Å²) in [6, 6.07) is 12.3. The molecule has 0 radical (unpaired) electrons. The minimum atomic E-state index is 0.460. The largest absolute Gasteiger partial charge is 0.450 e. The molecule has 2 N–H and O–H groups in total. The lowest BCUT2D eigenvalue weighted by atomic mass is 9.94. The van der Waals surface area contributed by atoms with Crippen molar-refractivity contribution < 1.29 is 4.42 Å². The molecule has 0 atom stereocenters. The second kappa shape index (κ2) is 7.27. The third-order valence-electron chi connectivity index (χ3n) is 6.35. The van der Waals surface area contributed by atoms with Crippen LogP contribution in [0.3, 0.4) is 0 Å². The first-order valence-electron chi connectivity index (χ1n) is 10.9. The van der Waals surface area contributed by atoms with E-state index in [2.05, 4.69) is 32.5 Å². The molecule has 0 spiro atoms. The van der Waals surface area contributed by atoms with Gasteiger partial charge in [0.15, 0.2) is 17.2 Å². The Morgan fingerprint density at radius 2 is 2.00 bits per heavy atom. The average Bonchev–Trinajstić information content (AvgIpc) is 3.43. The van der Waals surface area contributed by atoms with Gasteiger partial charge in [-0.3, -0.25) is 5.10 Å². The first kappa shape index (κ1) is 18.2. The molecule has 156 valence electrons. The van der Waals surface area contributed by atoms with Gasteiger partial charge in [0.25, 0.3) is 0 Å². The number of hydrogen-bond donors (Lipinski definition) is 2. The molecule has 1 saturated carbocycles. The average molecular weight is 413 g/mol. The Labute approximate surface area is 179 Å². The Morgan fingerprint density at radius 1 is 1.16 bits per heavy atom. The van der Waals surface area contributed by atoms with Crippen LogP contribution >= 0.6 is 0 Å². The topological polar surface area (TPSA) is 107 Å². The summed E-state index contributed by atoms with van der Waals surface area (Å²) in [6.07, 6.45) is 5.01. The maximum absolute atomic E-state index is 9.00. The van der Waals surface area contributed by atoms with Crippen molar-refractivity contribution in [1.29, 1.82) is 5.26 Å². The lowest BCUT2D eigenvalue weighted by Crippen LogP contribution is -2.34. The molecule has 31 heavy (non-hydrogen) atoms. The van der Waals surface area contributed by atoms with Crippen molar-refractivity contribution in [3.05, 3.63) is 36.0 Å². The van der Waals surface area contributed by atoms with E-state index in [0.29, 0.717) is 35.6 Å². The summed E-state index contributed by atoms with van der Waals surface area (Å²) in [5, 5.41) is 20.9. The lowest BCUT2D eigenvalue weighted by Gasteiger charge is -2.31. The molecular weight excluding hydrogens is 390 g/mol. The van der Waals surface area contributed by atoms with Gasteiger partial charge < -0.3 is 14.6 Å². The molecule has 2 aliphatic rings. The molecular formula is C23H23N7O. The van der Waals surface area contributed by atoms with Gasteiger partial charge in [-0.1, -0.05) is 12.1 Å². The first-order valence-corrected chi connectivity index (χ1v) is 10.9. The fourth-order valence-electron chi connectivity index (χ4n) is 4.40. The molecule has 0 bridgehead atoms. The van der Waals surface area contributed by atoms with Crippen LogP contribution in [0, 0.1) is 17.2 Å². The highest BCUT2D eigenvalue weighted by Crippen LogP contribution is 2.40. The van der Waals surface area contributed by atoms with E-state index >= 15 is 0 Å². The predicted octanol–water partition coefficient (Wildman–Crippen LogP) is 4.85. The number of aromatic amines is 1. The van der Waals surface area contributed by atoms with Crippen LogP contribution in [0.1, 0.15) is 43.7 Å². The van der Waals surface area contributed by atoms with Crippen LogP contribution in [0.4, 0.5) is 17.6 Å². The van der Waals surface area contributed by atoms with E-state index in [1.54, 1.807) is 0 Å². The fraction of sp³-hybridized carbons (Fsp3) is 0.391. The zero-order chi connectivity index (χ0) is 20.8. The van der Waals surface area contributed by atoms with Gasteiger partial charge in [-0.2, -0.15) is 15.3 Å². The molecule has 0 unspecified atom stereocenters. The summed E-state index contributed by atoms with van der Waals surface area (Å²) in [7, 11) is 0. The number of para-hydroxylation sites is 1. The minimum absolute atomic E-state index is 0.460. The first-order chi connectivity index (χ1) is 15.3. The number of benzene rings is 1. The van der Waals surface area contributed by atoms with Gasteiger partial charge in [-0.05, 0) is 43.7 Å². The number of aromatic nitrogens is 4. The number of rotatable bonds is 5. The zero-order valence-electron chi connectivity index (χ0n) is 17.1. The van der Waals surface area contributed by atoms with Crippen LogP contribution in [-0.4, -0.2) is 33.3 Å². The molecule has 1 aromatic carbocycles. The number of nitriles is 1. The van der Waals surface area contributed by atoms with Gasteiger partial charge in [0.2, 0.25) is 5.95 Å². The maximum Gasteiger partial charge on any atom is 0.228 e. The highest BCUT2D eigenvalue weighted by Gasteiger charge is 2.27. The lowest BCUT2D eigenvalue weighted by molar-refractivity contribution is 0.409.